The Kier molecular flexibility index (Phi) is 10.1. The van der Waals surface area contributed by atoms with Gasteiger partial charge in [-0.2, -0.15) is 0 Å². The number of nitrogens with zero attached hydrogens (tertiary/aromatic N) is 3. The average molecular weight is 665 g/mol. The van der Waals surface area contributed by atoms with Crippen molar-refractivity contribution in [1.82, 2.24) is 30.6 Å². The van der Waals surface area contributed by atoms with E-state index in [-0.39, 0.29) is 0 Å². The summed E-state index contributed by atoms with van der Waals surface area (Å²) in [5.41, 5.74) is -3.54. The molecule has 0 aliphatic rings. The molecule has 0 bridgehead atoms. The molecule has 0 saturated carbocycles. The molecule has 0 spiro atoms. The Morgan fingerprint density at radius 1 is 0.348 bits per heavy atom. The molecule has 0 unspecified atom stereocenters. The fraction of sp³-hybridized carbons (Fsp3) is 0.727. The summed E-state index contributed by atoms with van der Waals surface area (Å²) in [6, 6.07) is 0. The van der Waals surface area contributed by atoms with Crippen LogP contribution in [0.2, 0.25) is 0 Å². The first-order valence-electron chi connectivity index (χ1n) is 15.7. The zero-order valence-electron chi connectivity index (χ0n) is 31.2. The van der Waals surface area contributed by atoms with Gasteiger partial charge in [0.05, 0.1) is 0 Å². The van der Waals surface area contributed by atoms with Crippen molar-refractivity contribution < 1.29 is 28.4 Å². The van der Waals surface area contributed by atoms with Gasteiger partial charge in [0, 0.05) is 7.92 Å². The fourth-order valence-corrected chi connectivity index (χ4v) is 6.48. The first-order valence-corrected chi connectivity index (χ1v) is 17.1. The van der Waals surface area contributed by atoms with Crippen molar-refractivity contribution in [2.45, 2.75) is 158 Å². The molecule has 0 aliphatic carbocycles. The minimum absolute atomic E-state index is 0.354. The normalized spacial score (nSPS) is 13.6. The van der Waals surface area contributed by atoms with Crippen LogP contribution in [0.25, 0.3) is 0 Å². The summed E-state index contributed by atoms with van der Waals surface area (Å²) >= 11 is 0. The Bertz CT molecular complexity index is 1190. The highest BCUT2D eigenvalue weighted by atomic mass is 31.1. The molecule has 3 aromatic rings. The van der Waals surface area contributed by atoms with Gasteiger partial charge in [0.15, 0.2) is 0 Å². The van der Waals surface area contributed by atoms with Gasteiger partial charge in [-0.1, -0.05) is 0 Å². The number of ether oxygens (including phenoxy) is 6. The first kappa shape index (κ1) is 37.3. The SMILES string of the molecule is CC(C)(C)Oc1n[nH]c(OC(C)(C)C)c1P(c1c(OC(C)(C)C)n[nH]c1OC(C)(C)C)c1c(OC(C)(C)C)n[nH]c1OC(C)(C)C. The maximum atomic E-state index is 6.56. The summed E-state index contributed by atoms with van der Waals surface area (Å²) in [5.74, 6) is 2.33. The second-order valence-corrected chi connectivity index (χ2v) is 19.3. The van der Waals surface area contributed by atoms with Crippen LogP contribution in [0.1, 0.15) is 125 Å². The van der Waals surface area contributed by atoms with E-state index in [4.69, 9.17) is 28.4 Å². The van der Waals surface area contributed by atoms with E-state index in [9.17, 15) is 0 Å². The van der Waals surface area contributed by atoms with Crippen molar-refractivity contribution in [3.05, 3.63) is 0 Å². The predicted molar refractivity (Wildman–Crippen MR) is 184 cm³/mol. The maximum Gasteiger partial charge on any atom is 0.245 e. The van der Waals surface area contributed by atoms with E-state index in [1.54, 1.807) is 0 Å². The van der Waals surface area contributed by atoms with E-state index in [0.29, 0.717) is 51.2 Å². The zero-order valence-corrected chi connectivity index (χ0v) is 32.1. The van der Waals surface area contributed by atoms with E-state index in [1.165, 1.54) is 0 Å². The number of rotatable bonds is 9. The van der Waals surface area contributed by atoms with E-state index in [1.807, 2.05) is 125 Å². The quantitative estimate of drug-likeness (QED) is 0.214. The summed E-state index contributed by atoms with van der Waals surface area (Å²) in [4.78, 5) is 0. The van der Waals surface area contributed by atoms with Gasteiger partial charge < -0.3 is 28.4 Å². The molecule has 46 heavy (non-hydrogen) atoms. The van der Waals surface area contributed by atoms with Crippen LogP contribution < -0.4 is 44.3 Å². The molecule has 0 aliphatic heterocycles. The summed E-state index contributed by atoms with van der Waals surface area (Å²) in [7, 11) is -1.81. The molecule has 3 heterocycles. The Hall–Kier alpha value is -3.14. The lowest BCUT2D eigenvalue weighted by atomic mass is 10.2. The van der Waals surface area contributed by atoms with Crippen molar-refractivity contribution in [3.8, 4) is 35.3 Å². The van der Waals surface area contributed by atoms with Crippen LogP contribution in [0.4, 0.5) is 0 Å². The lowest BCUT2D eigenvalue weighted by Gasteiger charge is -2.30. The summed E-state index contributed by atoms with van der Waals surface area (Å²) in [6.07, 6.45) is 0. The van der Waals surface area contributed by atoms with Gasteiger partial charge in [-0.3, -0.25) is 0 Å². The third kappa shape index (κ3) is 10.7. The number of hydrogen-bond donors (Lipinski definition) is 3. The summed E-state index contributed by atoms with van der Waals surface area (Å²) < 4.78 is 39.3. The minimum Gasteiger partial charge on any atom is -0.472 e. The number of hydrogen-bond acceptors (Lipinski definition) is 9. The van der Waals surface area contributed by atoms with Gasteiger partial charge in [0.25, 0.3) is 0 Å². The van der Waals surface area contributed by atoms with Crippen LogP contribution in [-0.4, -0.2) is 64.2 Å². The van der Waals surface area contributed by atoms with Gasteiger partial charge >= 0.3 is 0 Å². The molecule has 0 fully saturated rings. The van der Waals surface area contributed by atoms with E-state index in [2.05, 4.69) is 30.6 Å². The molecule has 0 saturated heterocycles. The molecule has 0 radical (unpaired) electrons. The van der Waals surface area contributed by atoms with Gasteiger partial charge in [0.1, 0.15) is 49.5 Å². The van der Waals surface area contributed by atoms with Crippen molar-refractivity contribution in [1.29, 1.82) is 0 Å². The largest absolute Gasteiger partial charge is 0.472 e. The third-order valence-electron chi connectivity index (χ3n) is 5.13. The smallest absolute Gasteiger partial charge is 0.245 e. The molecule has 13 heteroatoms. The topological polar surface area (TPSA) is 141 Å². The van der Waals surface area contributed by atoms with Crippen LogP contribution in [0.5, 0.6) is 35.3 Å². The summed E-state index contributed by atoms with van der Waals surface area (Å²) in [5, 5.41) is 25.3. The first-order chi connectivity index (χ1) is 20.5. The molecule has 12 nitrogen and oxygen atoms in total. The second-order valence-electron chi connectivity index (χ2n) is 17.2. The highest BCUT2D eigenvalue weighted by Crippen LogP contribution is 2.50. The summed E-state index contributed by atoms with van der Waals surface area (Å²) in [6.45, 7) is 35.5. The van der Waals surface area contributed by atoms with Crippen molar-refractivity contribution >= 4 is 23.8 Å². The Morgan fingerprint density at radius 2 is 0.543 bits per heavy atom. The maximum absolute atomic E-state index is 6.56. The molecular weight excluding hydrogens is 607 g/mol. The minimum atomic E-state index is -1.81. The molecule has 260 valence electrons. The van der Waals surface area contributed by atoms with Crippen LogP contribution in [0, 0.1) is 0 Å². The molecule has 0 amide bonds. The van der Waals surface area contributed by atoms with Gasteiger partial charge in [0.2, 0.25) is 35.3 Å². The van der Waals surface area contributed by atoms with Gasteiger partial charge in [-0.05, 0) is 125 Å². The van der Waals surface area contributed by atoms with Crippen molar-refractivity contribution in [2.75, 3.05) is 0 Å². The highest BCUT2D eigenvalue weighted by molar-refractivity contribution is 7.81. The van der Waals surface area contributed by atoms with E-state index >= 15 is 0 Å². The Balaban J connectivity index is 2.60. The van der Waals surface area contributed by atoms with Crippen LogP contribution in [0.15, 0.2) is 0 Å². The highest BCUT2D eigenvalue weighted by Gasteiger charge is 2.43. The van der Waals surface area contributed by atoms with E-state index < -0.39 is 41.5 Å². The Labute approximate surface area is 276 Å². The number of aromatic amines is 3. The van der Waals surface area contributed by atoms with Crippen LogP contribution in [0.3, 0.4) is 0 Å². The predicted octanol–water partition coefficient (Wildman–Crippen LogP) is 6.68. The monoisotopic (exact) mass is 664 g/mol. The Morgan fingerprint density at radius 3 is 0.717 bits per heavy atom. The molecule has 3 rings (SSSR count). The van der Waals surface area contributed by atoms with E-state index in [0.717, 1.165) is 0 Å². The molecule has 0 aromatic carbocycles. The third-order valence-corrected chi connectivity index (χ3v) is 7.66. The lowest BCUT2D eigenvalue weighted by Crippen LogP contribution is -2.35. The fourth-order valence-electron chi connectivity index (χ4n) is 4.06. The lowest BCUT2D eigenvalue weighted by molar-refractivity contribution is 0.124. The number of nitrogens with one attached hydrogen (secondary N) is 3. The van der Waals surface area contributed by atoms with Crippen molar-refractivity contribution in [2.24, 2.45) is 0 Å². The van der Waals surface area contributed by atoms with Crippen LogP contribution >= 0.6 is 7.92 Å². The van der Waals surface area contributed by atoms with Crippen molar-refractivity contribution in [3.63, 3.8) is 0 Å². The molecule has 0 atom stereocenters. The molecule has 3 aromatic heterocycles. The standard InChI is InChI=1S/C33H57N6O6P/c1-28(2,3)40-22-19(23(35-34-22)41-29(4,5)6)46(20-24(42-30(7,8)9)36-37-25(20)43-31(10,11)12)21-26(44-32(13,14)15)38-39-27(21)45-33(16,17)18/h1-18H3,(H,34,35)(H,36,37)(H,38,39). The van der Waals surface area contributed by atoms with Gasteiger partial charge in [-0.15, -0.1) is 15.3 Å². The van der Waals surface area contributed by atoms with Crippen LogP contribution in [-0.2, 0) is 0 Å². The zero-order chi connectivity index (χ0) is 35.3. The average Bonchev–Trinajstić information content (AvgIpc) is 3.43. The number of H-pyrrole nitrogens is 3. The van der Waals surface area contributed by atoms with Gasteiger partial charge in [-0.25, -0.2) is 15.3 Å². The second kappa shape index (κ2) is 12.5. The number of aromatic nitrogens is 6. The molecule has 3 N–H and O–H groups in total. The molecular formula is C33H57N6O6P.